The van der Waals surface area contributed by atoms with Crippen molar-refractivity contribution in [2.75, 3.05) is 0 Å². The van der Waals surface area contributed by atoms with Crippen LogP contribution < -0.4 is 5.32 Å². The summed E-state index contributed by atoms with van der Waals surface area (Å²) >= 11 is 0. The average molecular weight is 267 g/mol. The van der Waals surface area contributed by atoms with Gasteiger partial charge in [-0.25, -0.2) is 0 Å². The van der Waals surface area contributed by atoms with Gasteiger partial charge in [0.25, 0.3) is 0 Å². The molecule has 0 aromatic heterocycles. The van der Waals surface area contributed by atoms with E-state index in [4.69, 9.17) is 0 Å². The summed E-state index contributed by atoms with van der Waals surface area (Å²) in [4.78, 5) is 0. The molecule has 0 bridgehead atoms. The molecule has 0 saturated carbocycles. The van der Waals surface area contributed by atoms with Gasteiger partial charge in [-0.05, 0) is 29.0 Å². The van der Waals surface area contributed by atoms with E-state index in [1.165, 1.54) is 16.7 Å². The Morgan fingerprint density at radius 3 is 2.05 bits per heavy atom. The van der Waals surface area contributed by atoms with Crippen LogP contribution in [0.3, 0.4) is 0 Å². The van der Waals surface area contributed by atoms with Crippen molar-refractivity contribution in [1.29, 1.82) is 0 Å². The summed E-state index contributed by atoms with van der Waals surface area (Å²) in [6, 6.07) is 20.1. The first kappa shape index (κ1) is 14.8. The first-order valence-electron chi connectivity index (χ1n) is 7.58. The highest BCUT2D eigenvalue weighted by atomic mass is 14.9. The Bertz CT molecular complexity index is 499. The monoisotopic (exact) mass is 267 g/mol. The molecule has 1 unspecified atom stereocenters. The zero-order chi connectivity index (χ0) is 14.4. The van der Waals surface area contributed by atoms with Crippen LogP contribution in [-0.4, -0.2) is 0 Å². The Hall–Kier alpha value is -1.60. The van der Waals surface area contributed by atoms with Crippen LogP contribution in [0.15, 0.2) is 54.6 Å². The van der Waals surface area contributed by atoms with Gasteiger partial charge >= 0.3 is 0 Å². The minimum Gasteiger partial charge on any atom is -0.306 e. The predicted molar refractivity (Wildman–Crippen MR) is 86.8 cm³/mol. The second-order valence-corrected chi connectivity index (χ2v) is 5.65. The van der Waals surface area contributed by atoms with Gasteiger partial charge in [0.05, 0.1) is 0 Å². The minimum absolute atomic E-state index is 0.431. The predicted octanol–water partition coefficient (Wildman–Crippen LogP) is 5.05. The highest BCUT2D eigenvalue weighted by molar-refractivity contribution is 5.25. The van der Waals surface area contributed by atoms with E-state index in [9.17, 15) is 0 Å². The standard InChI is InChI=1S/C19H25N/c1-4-19(18-8-6-5-7-9-18)20-14-16-10-12-17(13-11-16)15(2)3/h5-13,15,19-20H,4,14H2,1-3H3. The smallest absolute Gasteiger partial charge is 0.0320 e. The Labute approximate surface area is 123 Å². The molecular weight excluding hydrogens is 242 g/mol. The lowest BCUT2D eigenvalue weighted by Crippen LogP contribution is -2.20. The van der Waals surface area contributed by atoms with Gasteiger partial charge in [-0.2, -0.15) is 0 Å². The Morgan fingerprint density at radius 2 is 1.50 bits per heavy atom. The largest absolute Gasteiger partial charge is 0.306 e. The summed E-state index contributed by atoms with van der Waals surface area (Å²) < 4.78 is 0. The molecule has 2 aromatic rings. The maximum Gasteiger partial charge on any atom is 0.0320 e. The number of rotatable bonds is 6. The van der Waals surface area contributed by atoms with E-state index in [0.717, 1.165) is 13.0 Å². The summed E-state index contributed by atoms with van der Waals surface area (Å²) in [6.07, 6.45) is 1.11. The Kier molecular flexibility index (Phi) is 5.37. The molecule has 0 heterocycles. The Morgan fingerprint density at radius 1 is 0.850 bits per heavy atom. The van der Waals surface area contributed by atoms with E-state index >= 15 is 0 Å². The van der Waals surface area contributed by atoms with E-state index < -0.39 is 0 Å². The van der Waals surface area contributed by atoms with E-state index in [2.05, 4.69) is 80.7 Å². The van der Waals surface area contributed by atoms with Gasteiger partial charge in [0.2, 0.25) is 0 Å². The summed E-state index contributed by atoms with van der Waals surface area (Å²) in [5.41, 5.74) is 4.13. The van der Waals surface area contributed by atoms with Crippen molar-refractivity contribution >= 4 is 0 Å². The van der Waals surface area contributed by atoms with Gasteiger partial charge in [0.1, 0.15) is 0 Å². The molecular formula is C19H25N. The topological polar surface area (TPSA) is 12.0 Å². The van der Waals surface area contributed by atoms with Crippen LogP contribution in [0.1, 0.15) is 55.8 Å². The fraction of sp³-hybridized carbons (Fsp3) is 0.368. The molecule has 2 rings (SSSR count). The zero-order valence-electron chi connectivity index (χ0n) is 12.8. The van der Waals surface area contributed by atoms with E-state index in [1.54, 1.807) is 0 Å². The molecule has 0 aliphatic rings. The van der Waals surface area contributed by atoms with Crippen molar-refractivity contribution in [3.8, 4) is 0 Å². The summed E-state index contributed by atoms with van der Waals surface area (Å²) in [5.74, 6) is 0.602. The lowest BCUT2D eigenvalue weighted by Gasteiger charge is -2.17. The van der Waals surface area contributed by atoms with Crippen LogP contribution in [0, 0.1) is 0 Å². The maximum absolute atomic E-state index is 3.65. The molecule has 1 nitrogen and oxygen atoms in total. The molecule has 1 N–H and O–H groups in total. The molecule has 20 heavy (non-hydrogen) atoms. The van der Waals surface area contributed by atoms with Crippen molar-refractivity contribution in [3.63, 3.8) is 0 Å². The van der Waals surface area contributed by atoms with Crippen LogP contribution in [0.25, 0.3) is 0 Å². The third kappa shape index (κ3) is 3.94. The number of benzene rings is 2. The van der Waals surface area contributed by atoms with Crippen LogP contribution >= 0.6 is 0 Å². The normalized spacial score (nSPS) is 12.6. The third-order valence-electron chi connectivity index (χ3n) is 3.81. The molecule has 0 amide bonds. The molecule has 2 aromatic carbocycles. The van der Waals surface area contributed by atoms with Crippen molar-refractivity contribution in [2.45, 2.75) is 45.7 Å². The molecule has 0 fully saturated rings. The molecule has 0 aliphatic carbocycles. The van der Waals surface area contributed by atoms with Crippen molar-refractivity contribution in [3.05, 3.63) is 71.3 Å². The second-order valence-electron chi connectivity index (χ2n) is 5.65. The zero-order valence-corrected chi connectivity index (χ0v) is 12.8. The minimum atomic E-state index is 0.431. The summed E-state index contributed by atoms with van der Waals surface area (Å²) in [7, 11) is 0. The molecule has 106 valence electrons. The van der Waals surface area contributed by atoms with Crippen LogP contribution in [-0.2, 0) is 6.54 Å². The molecule has 0 spiro atoms. The third-order valence-corrected chi connectivity index (χ3v) is 3.81. The highest BCUT2D eigenvalue weighted by Gasteiger charge is 2.07. The first-order valence-corrected chi connectivity index (χ1v) is 7.58. The summed E-state index contributed by atoms with van der Waals surface area (Å²) in [6.45, 7) is 7.61. The molecule has 0 radical (unpaired) electrons. The van der Waals surface area contributed by atoms with Gasteiger partial charge in [0.15, 0.2) is 0 Å². The fourth-order valence-corrected chi connectivity index (χ4v) is 2.44. The van der Waals surface area contributed by atoms with E-state index in [-0.39, 0.29) is 0 Å². The van der Waals surface area contributed by atoms with Crippen molar-refractivity contribution in [1.82, 2.24) is 5.32 Å². The molecule has 0 aliphatic heterocycles. The number of nitrogens with one attached hydrogen (secondary N) is 1. The summed E-state index contributed by atoms with van der Waals surface area (Å²) in [5, 5.41) is 3.65. The van der Waals surface area contributed by atoms with Gasteiger partial charge < -0.3 is 5.32 Å². The fourth-order valence-electron chi connectivity index (χ4n) is 2.44. The number of hydrogen-bond acceptors (Lipinski definition) is 1. The Balaban J connectivity index is 1.96. The lowest BCUT2D eigenvalue weighted by atomic mass is 10.0. The molecule has 1 heteroatoms. The average Bonchev–Trinajstić information content (AvgIpc) is 2.49. The quantitative estimate of drug-likeness (QED) is 0.772. The molecule has 1 atom stereocenters. The van der Waals surface area contributed by atoms with Gasteiger partial charge in [-0.3, -0.25) is 0 Å². The van der Waals surface area contributed by atoms with Crippen LogP contribution in [0.2, 0.25) is 0 Å². The van der Waals surface area contributed by atoms with Crippen LogP contribution in [0.4, 0.5) is 0 Å². The van der Waals surface area contributed by atoms with Gasteiger partial charge in [-0.1, -0.05) is 75.4 Å². The lowest BCUT2D eigenvalue weighted by molar-refractivity contribution is 0.519. The van der Waals surface area contributed by atoms with Crippen molar-refractivity contribution in [2.24, 2.45) is 0 Å². The van der Waals surface area contributed by atoms with E-state index in [0.29, 0.717) is 12.0 Å². The number of hydrogen-bond donors (Lipinski definition) is 1. The van der Waals surface area contributed by atoms with Crippen LogP contribution in [0.5, 0.6) is 0 Å². The van der Waals surface area contributed by atoms with Crippen molar-refractivity contribution < 1.29 is 0 Å². The van der Waals surface area contributed by atoms with E-state index in [1.807, 2.05) is 0 Å². The first-order chi connectivity index (χ1) is 9.70. The molecule has 0 saturated heterocycles. The SMILES string of the molecule is CCC(NCc1ccc(C(C)C)cc1)c1ccccc1. The van der Waals surface area contributed by atoms with Gasteiger partial charge in [-0.15, -0.1) is 0 Å². The second kappa shape index (κ2) is 7.25. The maximum atomic E-state index is 3.65. The van der Waals surface area contributed by atoms with Gasteiger partial charge in [0, 0.05) is 12.6 Å². The highest BCUT2D eigenvalue weighted by Crippen LogP contribution is 2.18.